The molecule has 172 valence electrons. The Balaban J connectivity index is 1.67. The first-order valence-corrected chi connectivity index (χ1v) is 11.0. The molecule has 1 spiro atoms. The Labute approximate surface area is 176 Å². The number of carbonyl (C=O) groups is 2. The van der Waals surface area contributed by atoms with E-state index < -0.39 is 35.4 Å². The number of β-amino-alcohol motifs (C(OH)–C–C–N with tert-alkyl or cyclic N) is 1. The summed E-state index contributed by atoms with van der Waals surface area (Å²) < 4.78 is 38.2. The molecule has 0 radical (unpaired) electrons. The average molecular weight is 434 g/mol. The molecule has 0 aromatic heterocycles. The lowest BCUT2D eigenvalue weighted by atomic mass is 9.65. The zero-order valence-corrected chi connectivity index (χ0v) is 18.0. The largest absolute Gasteiger partial charge is 0.389 e. The fourth-order valence-corrected chi connectivity index (χ4v) is 5.62. The van der Waals surface area contributed by atoms with Gasteiger partial charge in [0.1, 0.15) is 0 Å². The number of carbonyl (C=O) groups excluding carboxylic acids is 2. The van der Waals surface area contributed by atoms with Crippen LogP contribution in [0, 0.1) is 11.3 Å². The van der Waals surface area contributed by atoms with Gasteiger partial charge in [-0.25, -0.2) is 0 Å². The number of amides is 2. The van der Waals surface area contributed by atoms with Gasteiger partial charge >= 0.3 is 6.18 Å². The van der Waals surface area contributed by atoms with Crippen LogP contribution in [0.1, 0.15) is 52.4 Å². The van der Waals surface area contributed by atoms with Crippen LogP contribution in [0.2, 0.25) is 0 Å². The number of piperazine rings is 1. The summed E-state index contributed by atoms with van der Waals surface area (Å²) >= 11 is 0. The summed E-state index contributed by atoms with van der Waals surface area (Å²) in [6, 6.07) is 0. The maximum atomic E-state index is 12.7. The van der Waals surface area contributed by atoms with Gasteiger partial charge in [0.15, 0.2) is 0 Å². The normalized spacial score (nSPS) is 28.7. The number of rotatable bonds is 4. The molecule has 1 saturated carbocycles. The lowest BCUT2D eigenvalue weighted by Gasteiger charge is -2.54. The van der Waals surface area contributed by atoms with Crippen molar-refractivity contribution in [3.63, 3.8) is 0 Å². The second kappa shape index (κ2) is 8.65. The molecule has 0 aromatic rings. The molecule has 6 nitrogen and oxygen atoms in total. The highest BCUT2D eigenvalue weighted by Gasteiger charge is 2.56. The summed E-state index contributed by atoms with van der Waals surface area (Å²) in [5.74, 6) is -1.51. The smallest absolute Gasteiger partial charge is 0.388 e. The van der Waals surface area contributed by atoms with E-state index >= 15 is 0 Å². The van der Waals surface area contributed by atoms with Crippen molar-refractivity contribution in [2.24, 2.45) is 11.3 Å². The molecule has 30 heavy (non-hydrogen) atoms. The van der Waals surface area contributed by atoms with Crippen molar-refractivity contribution in [2.45, 2.75) is 64.1 Å². The number of nitrogens with zero attached hydrogens (tertiary/aromatic N) is 3. The molecule has 3 fully saturated rings. The van der Waals surface area contributed by atoms with E-state index in [1.807, 2.05) is 0 Å². The van der Waals surface area contributed by atoms with Crippen LogP contribution >= 0.6 is 0 Å². The zero-order valence-electron chi connectivity index (χ0n) is 18.0. The number of halogens is 3. The Kier molecular flexibility index (Phi) is 6.72. The van der Waals surface area contributed by atoms with E-state index in [0.29, 0.717) is 45.7 Å². The number of likely N-dealkylation sites (tertiary alicyclic amines) is 1. The SMILES string of the molecule is CC(=O)N1CCN(CC2(O)CCN(C(=O)[C@H](C)CC(F)(F)F)CC23CCCC3)CC1. The molecule has 3 rings (SSSR count). The summed E-state index contributed by atoms with van der Waals surface area (Å²) in [5, 5.41) is 11.7. The van der Waals surface area contributed by atoms with E-state index in [-0.39, 0.29) is 12.5 Å². The first kappa shape index (κ1) is 23.3. The van der Waals surface area contributed by atoms with E-state index in [1.165, 1.54) is 6.92 Å². The maximum absolute atomic E-state index is 12.7. The Bertz CT molecular complexity index is 643. The minimum atomic E-state index is -4.36. The third kappa shape index (κ3) is 4.93. The van der Waals surface area contributed by atoms with Crippen molar-refractivity contribution in [2.75, 3.05) is 45.8 Å². The molecule has 1 aliphatic carbocycles. The summed E-state index contributed by atoms with van der Waals surface area (Å²) in [4.78, 5) is 29.8. The number of alkyl halides is 3. The van der Waals surface area contributed by atoms with Crippen molar-refractivity contribution in [1.82, 2.24) is 14.7 Å². The number of piperidine rings is 1. The van der Waals surface area contributed by atoms with Crippen LogP contribution in [0.5, 0.6) is 0 Å². The number of aliphatic hydroxyl groups is 1. The quantitative estimate of drug-likeness (QED) is 0.739. The molecule has 1 N–H and O–H groups in total. The van der Waals surface area contributed by atoms with Crippen molar-refractivity contribution in [1.29, 1.82) is 0 Å². The van der Waals surface area contributed by atoms with Crippen LogP contribution < -0.4 is 0 Å². The molecular formula is C21H34F3N3O3. The standard InChI is InChI=1S/C21H34F3N3O3/c1-16(13-21(22,23)24)18(29)27-8-7-20(30,19(14-27)5-3-4-6-19)15-25-9-11-26(12-10-25)17(2)28/h16,30H,3-15H2,1-2H3/t16-,20?/m1/s1. The van der Waals surface area contributed by atoms with Gasteiger partial charge in [-0.2, -0.15) is 13.2 Å². The van der Waals surface area contributed by atoms with Gasteiger partial charge in [0, 0.05) is 64.1 Å². The molecule has 2 saturated heterocycles. The number of hydrogen-bond acceptors (Lipinski definition) is 4. The second-order valence-corrected chi connectivity index (χ2v) is 9.53. The van der Waals surface area contributed by atoms with E-state index in [4.69, 9.17) is 0 Å². The zero-order chi connectivity index (χ0) is 22.2. The second-order valence-electron chi connectivity index (χ2n) is 9.53. The van der Waals surface area contributed by atoms with Gasteiger partial charge < -0.3 is 14.9 Å². The van der Waals surface area contributed by atoms with Crippen LogP contribution in [0.25, 0.3) is 0 Å². The van der Waals surface area contributed by atoms with Crippen molar-refractivity contribution >= 4 is 11.8 Å². The summed E-state index contributed by atoms with van der Waals surface area (Å²) in [7, 11) is 0. The van der Waals surface area contributed by atoms with Gasteiger partial charge in [0.05, 0.1) is 12.0 Å². The van der Waals surface area contributed by atoms with Crippen molar-refractivity contribution < 1.29 is 27.9 Å². The highest BCUT2D eigenvalue weighted by molar-refractivity contribution is 5.78. The monoisotopic (exact) mass is 433 g/mol. The summed E-state index contributed by atoms with van der Waals surface area (Å²) in [5.41, 5.74) is -1.43. The Hall–Kier alpha value is -1.35. The molecule has 2 aliphatic heterocycles. The maximum Gasteiger partial charge on any atom is 0.389 e. The van der Waals surface area contributed by atoms with Crippen LogP contribution in [0.15, 0.2) is 0 Å². The van der Waals surface area contributed by atoms with Crippen LogP contribution in [-0.4, -0.2) is 89.2 Å². The molecule has 1 unspecified atom stereocenters. The first-order valence-electron chi connectivity index (χ1n) is 11.0. The van der Waals surface area contributed by atoms with Gasteiger partial charge in [-0.05, 0) is 19.3 Å². The van der Waals surface area contributed by atoms with Gasteiger partial charge in [-0.1, -0.05) is 19.8 Å². The Morgan fingerprint density at radius 2 is 1.60 bits per heavy atom. The van der Waals surface area contributed by atoms with Crippen molar-refractivity contribution in [3.8, 4) is 0 Å². The predicted octanol–water partition coefficient (Wildman–Crippen LogP) is 2.26. The van der Waals surface area contributed by atoms with Gasteiger partial charge in [-0.3, -0.25) is 14.5 Å². The minimum Gasteiger partial charge on any atom is -0.388 e. The minimum absolute atomic E-state index is 0.0559. The fraction of sp³-hybridized carbons (Fsp3) is 0.905. The third-order valence-corrected chi connectivity index (χ3v) is 7.41. The van der Waals surface area contributed by atoms with Crippen LogP contribution in [0.4, 0.5) is 13.2 Å². The predicted molar refractivity (Wildman–Crippen MR) is 106 cm³/mol. The molecule has 2 amide bonds. The van der Waals surface area contributed by atoms with Crippen LogP contribution in [0.3, 0.4) is 0 Å². The molecular weight excluding hydrogens is 399 g/mol. The molecule has 3 aliphatic rings. The number of hydrogen-bond donors (Lipinski definition) is 1. The lowest BCUT2D eigenvalue weighted by Crippen LogP contribution is -2.65. The topological polar surface area (TPSA) is 64.1 Å². The molecule has 9 heteroatoms. The Morgan fingerprint density at radius 1 is 1.00 bits per heavy atom. The third-order valence-electron chi connectivity index (χ3n) is 7.41. The van der Waals surface area contributed by atoms with E-state index in [9.17, 15) is 27.9 Å². The highest BCUT2D eigenvalue weighted by Crippen LogP contribution is 2.51. The summed E-state index contributed by atoms with van der Waals surface area (Å²) in [6.45, 7) is 6.67. The van der Waals surface area contributed by atoms with Crippen LogP contribution in [-0.2, 0) is 9.59 Å². The Morgan fingerprint density at radius 3 is 2.13 bits per heavy atom. The average Bonchev–Trinajstić information content (AvgIpc) is 3.13. The molecule has 2 atom stereocenters. The molecule has 0 bridgehead atoms. The van der Waals surface area contributed by atoms with Gasteiger partial charge in [0.2, 0.25) is 11.8 Å². The van der Waals surface area contributed by atoms with E-state index in [0.717, 1.165) is 25.7 Å². The highest BCUT2D eigenvalue weighted by atomic mass is 19.4. The van der Waals surface area contributed by atoms with E-state index in [2.05, 4.69) is 4.90 Å². The van der Waals surface area contributed by atoms with Gasteiger partial charge in [0.25, 0.3) is 0 Å². The van der Waals surface area contributed by atoms with Crippen molar-refractivity contribution in [3.05, 3.63) is 0 Å². The molecule has 2 heterocycles. The molecule has 0 aromatic carbocycles. The fourth-order valence-electron chi connectivity index (χ4n) is 5.62. The summed E-state index contributed by atoms with van der Waals surface area (Å²) in [6.07, 6.45) is -1.60. The van der Waals surface area contributed by atoms with Gasteiger partial charge in [-0.15, -0.1) is 0 Å². The lowest BCUT2D eigenvalue weighted by molar-refractivity contribution is -0.174. The van der Waals surface area contributed by atoms with E-state index in [1.54, 1.807) is 16.7 Å². The first-order chi connectivity index (χ1) is 13.9.